The second-order valence-corrected chi connectivity index (χ2v) is 11.2. The van der Waals surface area contributed by atoms with Gasteiger partial charge in [-0.15, -0.1) is 0 Å². The lowest BCUT2D eigenvalue weighted by Crippen LogP contribution is -2.59. The molecule has 3 aliphatic carbocycles. The Morgan fingerprint density at radius 1 is 1.12 bits per heavy atom. The van der Waals surface area contributed by atoms with Crippen LogP contribution >= 0.6 is 0 Å². The number of aliphatic hydroxyl groups is 2. The maximum Gasteiger partial charge on any atom is 0.255 e. The van der Waals surface area contributed by atoms with E-state index >= 15 is 0 Å². The molecule has 1 unspecified atom stereocenters. The number of amides is 1. The van der Waals surface area contributed by atoms with Gasteiger partial charge >= 0.3 is 0 Å². The Labute approximate surface area is 229 Å². The number of rotatable bonds is 4. The number of aromatic hydroxyl groups is 1. The molecule has 210 valence electrons. The molecule has 5 N–H and O–H groups in total. The number of ketones is 2. The summed E-state index contributed by atoms with van der Waals surface area (Å²) in [6.45, 7) is 5.59. The molecule has 11 heteroatoms. The maximum atomic E-state index is 14.0. The Bertz CT molecular complexity index is 1500. The van der Waals surface area contributed by atoms with E-state index in [0.29, 0.717) is 43.2 Å². The number of phenols is 1. The topological polar surface area (TPSA) is 176 Å². The fourth-order valence-corrected chi connectivity index (χ4v) is 6.85. The Morgan fingerprint density at radius 3 is 2.50 bits per heavy atom. The van der Waals surface area contributed by atoms with E-state index in [1.807, 2.05) is 24.8 Å². The number of aliphatic hydroxyl groups excluding tert-OH is 2. The van der Waals surface area contributed by atoms with Crippen LogP contribution in [0.4, 0.5) is 0 Å². The number of carbonyl (C=O) groups excluding carboxylic acids is 3. The summed E-state index contributed by atoms with van der Waals surface area (Å²) in [7, 11) is 0. The molecular formula is C29H31N3O8. The molecule has 11 nitrogen and oxygen atoms in total. The zero-order valence-electron chi connectivity index (χ0n) is 22.2. The van der Waals surface area contributed by atoms with E-state index in [9.17, 15) is 29.7 Å². The molecule has 0 spiro atoms. The fraction of sp³-hybridized carbons (Fsp3) is 0.448. The van der Waals surface area contributed by atoms with Gasteiger partial charge in [-0.25, -0.2) is 0 Å². The molecule has 1 aromatic carbocycles. The number of fused-ring (bicyclic) bond motifs is 3. The molecule has 2 fully saturated rings. The third kappa shape index (κ3) is 3.87. The van der Waals surface area contributed by atoms with Crippen molar-refractivity contribution in [2.75, 3.05) is 26.3 Å². The first-order valence-electron chi connectivity index (χ1n) is 13.5. The molecule has 1 amide bonds. The van der Waals surface area contributed by atoms with Crippen LogP contribution in [-0.4, -0.2) is 75.2 Å². The van der Waals surface area contributed by atoms with E-state index in [-0.39, 0.29) is 41.4 Å². The first kappa shape index (κ1) is 26.3. The average molecular weight is 550 g/mol. The van der Waals surface area contributed by atoms with Crippen molar-refractivity contribution in [1.29, 1.82) is 0 Å². The molecule has 6 rings (SSSR count). The third-order valence-electron chi connectivity index (χ3n) is 8.72. The van der Waals surface area contributed by atoms with Crippen molar-refractivity contribution in [2.24, 2.45) is 23.5 Å². The van der Waals surface area contributed by atoms with Gasteiger partial charge in [0.1, 0.15) is 22.8 Å². The lowest BCUT2D eigenvalue weighted by Gasteiger charge is -2.48. The second kappa shape index (κ2) is 9.60. The van der Waals surface area contributed by atoms with Crippen molar-refractivity contribution in [3.05, 3.63) is 51.9 Å². The number of primary amides is 1. The number of nitrogens with two attached hydrogens (primary N) is 1. The number of phenolic OH excluding ortho intramolecular Hbond substituents is 1. The number of Topliss-reactive ketones (excluding diaryl/α,β-unsaturated/α-hetero) is 2. The van der Waals surface area contributed by atoms with Gasteiger partial charge in [0, 0.05) is 30.3 Å². The van der Waals surface area contributed by atoms with Gasteiger partial charge in [-0.2, -0.15) is 0 Å². The van der Waals surface area contributed by atoms with Crippen LogP contribution in [0.3, 0.4) is 0 Å². The Morgan fingerprint density at radius 2 is 1.85 bits per heavy atom. The van der Waals surface area contributed by atoms with Crippen molar-refractivity contribution in [1.82, 2.24) is 10.1 Å². The van der Waals surface area contributed by atoms with Crippen LogP contribution in [0.5, 0.6) is 5.75 Å². The summed E-state index contributed by atoms with van der Waals surface area (Å²) in [5.74, 6) is -5.30. The highest BCUT2D eigenvalue weighted by molar-refractivity contribution is 6.23. The fourth-order valence-electron chi connectivity index (χ4n) is 6.85. The number of nitrogens with zero attached hydrogens (tertiary/aromatic N) is 2. The second-order valence-electron chi connectivity index (χ2n) is 11.2. The van der Waals surface area contributed by atoms with E-state index in [1.165, 1.54) is 6.07 Å². The lowest BCUT2D eigenvalue weighted by atomic mass is 9.59. The summed E-state index contributed by atoms with van der Waals surface area (Å²) < 4.78 is 11.1. The minimum absolute atomic E-state index is 0.0621. The Kier molecular flexibility index (Phi) is 6.30. The van der Waals surface area contributed by atoms with Gasteiger partial charge in [-0.1, -0.05) is 19.0 Å². The summed E-state index contributed by atoms with van der Waals surface area (Å²) in [5.41, 5.74) is 7.10. The van der Waals surface area contributed by atoms with Gasteiger partial charge in [0.2, 0.25) is 0 Å². The first-order chi connectivity index (χ1) is 19.1. The van der Waals surface area contributed by atoms with Crippen LogP contribution < -0.4 is 5.73 Å². The van der Waals surface area contributed by atoms with Crippen LogP contribution in [0.2, 0.25) is 0 Å². The molecule has 2 heterocycles. The highest BCUT2D eigenvalue weighted by Crippen LogP contribution is 2.52. The zero-order valence-corrected chi connectivity index (χ0v) is 22.2. The monoisotopic (exact) mass is 549 g/mol. The van der Waals surface area contributed by atoms with Gasteiger partial charge < -0.3 is 30.3 Å². The van der Waals surface area contributed by atoms with Crippen LogP contribution in [-0.2, 0) is 25.5 Å². The highest BCUT2D eigenvalue weighted by Gasteiger charge is 2.56. The predicted octanol–water partition coefficient (Wildman–Crippen LogP) is 2.40. The van der Waals surface area contributed by atoms with Gasteiger partial charge in [-0.3, -0.25) is 19.3 Å². The SMILES string of the molecule is CC(C)c1cc(-c2ccc(O)c3c2C[C@H]2C[C@@H]4C(C(=O)C2=C3O)C(O)=C(C(N)=O)C(=O)[C@@H]4N2CCOCC2)on1. The number of benzene rings is 1. The third-order valence-corrected chi connectivity index (χ3v) is 8.72. The van der Waals surface area contributed by atoms with E-state index in [1.54, 1.807) is 6.07 Å². The summed E-state index contributed by atoms with van der Waals surface area (Å²) in [4.78, 5) is 41.8. The molecular weight excluding hydrogens is 518 g/mol. The number of hydrogen-bond donors (Lipinski definition) is 4. The van der Waals surface area contributed by atoms with E-state index in [2.05, 4.69) is 5.16 Å². The van der Waals surface area contributed by atoms with Crippen molar-refractivity contribution >= 4 is 23.2 Å². The van der Waals surface area contributed by atoms with Crippen LogP contribution in [0.25, 0.3) is 17.1 Å². The number of morpholine rings is 1. The minimum atomic E-state index is -1.23. The predicted molar refractivity (Wildman–Crippen MR) is 141 cm³/mol. The average Bonchev–Trinajstić information content (AvgIpc) is 3.39. The van der Waals surface area contributed by atoms with E-state index < -0.39 is 52.6 Å². The molecule has 2 aromatic rings. The smallest absolute Gasteiger partial charge is 0.255 e. The molecule has 1 saturated heterocycles. The van der Waals surface area contributed by atoms with Crippen molar-refractivity contribution in [3.63, 3.8) is 0 Å². The highest BCUT2D eigenvalue weighted by atomic mass is 16.5. The van der Waals surface area contributed by atoms with Crippen molar-refractivity contribution in [3.8, 4) is 17.1 Å². The molecule has 4 aliphatic rings. The van der Waals surface area contributed by atoms with E-state index in [4.69, 9.17) is 15.0 Å². The molecule has 1 saturated carbocycles. The molecule has 0 bridgehead atoms. The normalized spacial score (nSPS) is 27.1. The first-order valence-corrected chi connectivity index (χ1v) is 13.5. The van der Waals surface area contributed by atoms with Gasteiger partial charge in [0.25, 0.3) is 5.91 Å². The zero-order chi connectivity index (χ0) is 28.5. The van der Waals surface area contributed by atoms with Gasteiger partial charge in [0.15, 0.2) is 17.3 Å². The summed E-state index contributed by atoms with van der Waals surface area (Å²) >= 11 is 0. The van der Waals surface area contributed by atoms with Crippen molar-refractivity contribution < 1.29 is 39.0 Å². The number of ether oxygens (including phenoxy) is 1. The largest absolute Gasteiger partial charge is 0.511 e. The molecule has 40 heavy (non-hydrogen) atoms. The van der Waals surface area contributed by atoms with Crippen molar-refractivity contribution in [2.45, 2.75) is 38.6 Å². The Hall–Kier alpha value is -3.96. The molecule has 4 atom stereocenters. The standard InChI is InChI=1S/C29H31N3O8/c1-12(2)17-11-19(40-31-17)14-3-4-18(33)21-15(14)9-13-10-16-22(26(35)20(13)25(21)34)27(36)23(29(30)38)28(37)24(16)32-5-7-39-8-6-32/h3-4,11-13,16,22,24,33-34,36H,5-10H2,1-2H3,(H2,30,38)/t13-,16+,22?,24+/m0/s1. The summed E-state index contributed by atoms with van der Waals surface area (Å²) in [6, 6.07) is 4.08. The van der Waals surface area contributed by atoms with Crippen LogP contribution in [0, 0.1) is 17.8 Å². The maximum absolute atomic E-state index is 14.0. The molecule has 1 aliphatic heterocycles. The number of carbonyl (C=O) groups is 3. The van der Waals surface area contributed by atoms with E-state index in [0.717, 1.165) is 5.69 Å². The number of allylic oxidation sites excluding steroid dienone is 2. The van der Waals surface area contributed by atoms with Crippen LogP contribution in [0.15, 0.2) is 39.6 Å². The van der Waals surface area contributed by atoms with Gasteiger partial charge in [-0.05, 0) is 48.3 Å². The lowest BCUT2D eigenvalue weighted by molar-refractivity contribution is -0.135. The number of hydrogen-bond acceptors (Lipinski definition) is 10. The molecule has 1 aromatic heterocycles. The Balaban J connectivity index is 1.49. The minimum Gasteiger partial charge on any atom is -0.511 e. The summed E-state index contributed by atoms with van der Waals surface area (Å²) in [5, 5.41) is 37.5. The summed E-state index contributed by atoms with van der Waals surface area (Å²) in [6.07, 6.45) is 0.560. The van der Waals surface area contributed by atoms with Crippen LogP contribution in [0.1, 0.15) is 43.0 Å². The van der Waals surface area contributed by atoms with Gasteiger partial charge in [0.05, 0.1) is 36.4 Å². The molecule has 0 radical (unpaired) electrons. The number of aromatic nitrogens is 1. The quantitative estimate of drug-likeness (QED) is 0.414.